The number of fused-ring (bicyclic) bond motifs is 2. The summed E-state index contributed by atoms with van der Waals surface area (Å²) in [7, 11) is 1.69. The first-order chi connectivity index (χ1) is 10.7. The van der Waals surface area contributed by atoms with E-state index in [1.807, 2.05) is 6.08 Å². The number of hydrogen-bond donors (Lipinski definition) is 1. The van der Waals surface area contributed by atoms with Crippen LogP contribution in [0.25, 0.3) is 0 Å². The van der Waals surface area contributed by atoms with Gasteiger partial charge in [0, 0.05) is 30.1 Å². The van der Waals surface area contributed by atoms with Crippen molar-refractivity contribution in [1.82, 2.24) is 4.90 Å². The number of aliphatic hydroxyl groups is 1. The normalized spacial score (nSPS) is 36.9. The highest BCUT2D eigenvalue weighted by molar-refractivity contribution is 5.64. The third kappa shape index (κ3) is 1.41. The molecule has 0 saturated carbocycles. The first kappa shape index (κ1) is 12.8. The zero-order valence-electron chi connectivity index (χ0n) is 12.5. The fraction of sp³-hybridized carbons (Fsp3) is 0.529. The molecular weight excluding hydrogens is 282 g/mol. The fourth-order valence-corrected chi connectivity index (χ4v) is 4.76. The van der Waals surface area contributed by atoms with Crippen molar-refractivity contribution < 1.29 is 19.3 Å². The Morgan fingerprint density at radius 2 is 2.32 bits per heavy atom. The molecule has 3 aliphatic heterocycles. The van der Waals surface area contributed by atoms with E-state index >= 15 is 0 Å². The van der Waals surface area contributed by atoms with Gasteiger partial charge in [-0.1, -0.05) is 12.2 Å². The van der Waals surface area contributed by atoms with Gasteiger partial charge in [0.15, 0.2) is 11.5 Å². The lowest BCUT2D eigenvalue weighted by atomic mass is 9.66. The Kier molecular flexibility index (Phi) is 2.43. The maximum atomic E-state index is 10.0. The summed E-state index contributed by atoms with van der Waals surface area (Å²) in [4.78, 5) is 2.47. The molecule has 22 heavy (non-hydrogen) atoms. The molecule has 0 aromatic heterocycles. The van der Waals surface area contributed by atoms with Crippen molar-refractivity contribution in [3.8, 4) is 17.2 Å². The van der Waals surface area contributed by atoms with E-state index in [-0.39, 0.29) is 18.3 Å². The molecule has 0 amide bonds. The molecule has 2 bridgehead atoms. The predicted octanol–water partition coefficient (Wildman–Crippen LogP) is 1.57. The highest BCUT2D eigenvalue weighted by Crippen LogP contribution is 2.56. The van der Waals surface area contributed by atoms with Crippen LogP contribution < -0.4 is 14.2 Å². The van der Waals surface area contributed by atoms with Gasteiger partial charge in [0.25, 0.3) is 0 Å². The molecular formula is C17H19NO4. The largest absolute Gasteiger partial charge is 0.492 e. The Hall–Kier alpha value is -1.72. The van der Waals surface area contributed by atoms with Crippen molar-refractivity contribution >= 4 is 0 Å². The summed E-state index contributed by atoms with van der Waals surface area (Å²) in [5.74, 6) is 2.33. The van der Waals surface area contributed by atoms with E-state index in [4.69, 9.17) is 14.2 Å². The minimum Gasteiger partial charge on any atom is -0.492 e. The number of aliphatic hydroxyl groups excluding tert-OH is 1. The van der Waals surface area contributed by atoms with Gasteiger partial charge >= 0.3 is 0 Å². The van der Waals surface area contributed by atoms with Gasteiger partial charge in [-0.3, -0.25) is 4.90 Å². The van der Waals surface area contributed by atoms with Crippen LogP contribution >= 0.6 is 0 Å². The van der Waals surface area contributed by atoms with Crippen molar-refractivity contribution in [3.63, 3.8) is 0 Å². The van der Waals surface area contributed by atoms with Crippen LogP contribution in [0.5, 0.6) is 17.2 Å². The quantitative estimate of drug-likeness (QED) is 0.798. The molecule has 1 aliphatic carbocycles. The van der Waals surface area contributed by atoms with Gasteiger partial charge < -0.3 is 19.3 Å². The maximum Gasteiger partial charge on any atom is 0.231 e. The van der Waals surface area contributed by atoms with Crippen LogP contribution in [0.2, 0.25) is 0 Å². The molecule has 1 N–H and O–H groups in total. The molecule has 5 heteroatoms. The average molecular weight is 301 g/mol. The molecule has 3 heterocycles. The molecule has 1 saturated heterocycles. The molecule has 5 nitrogen and oxygen atoms in total. The van der Waals surface area contributed by atoms with Crippen LogP contribution in [0.1, 0.15) is 24.0 Å². The molecule has 1 fully saturated rings. The highest BCUT2D eigenvalue weighted by atomic mass is 16.7. The Bertz CT molecular complexity index is 686. The summed E-state index contributed by atoms with van der Waals surface area (Å²) in [6, 6.07) is 2.50. The Morgan fingerprint density at radius 3 is 3.18 bits per heavy atom. The van der Waals surface area contributed by atoms with Gasteiger partial charge in [-0.15, -0.1) is 0 Å². The van der Waals surface area contributed by atoms with E-state index < -0.39 is 0 Å². The number of benzene rings is 1. The number of rotatable bonds is 1. The first-order valence-electron chi connectivity index (χ1n) is 7.84. The van der Waals surface area contributed by atoms with Crippen molar-refractivity contribution in [3.05, 3.63) is 29.3 Å². The minimum atomic E-state index is -0.337. The molecule has 4 unspecified atom stereocenters. The predicted molar refractivity (Wildman–Crippen MR) is 79.4 cm³/mol. The Balaban J connectivity index is 1.77. The van der Waals surface area contributed by atoms with E-state index in [1.165, 1.54) is 11.1 Å². The van der Waals surface area contributed by atoms with Gasteiger partial charge in [0.05, 0.1) is 13.2 Å². The molecule has 0 radical (unpaired) electrons. The van der Waals surface area contributed by atoms with Crippen LogP contribution in [0, 0.1) is 0 Å². The molecule has 116 valence electrons. The van der Waals surface area contributed by atoms with Gasteiger partial charge in [0.1, 0.15) is 0 Å². The van der Waals surface area contributed by atoms with Crippen LogP contribution in [0.4, 0.5) is 0 Å². The second-order valence-electron chi connectivity index (χ2n) is 6.61. The average Bonchev–Trinajstić information content (AvgIpc) is 3.08. The van der Waals surface area contributed by atoms with Crippen molar-refractivity contribution in [2.24, 2.45) is 0 Å². The lowest BCUT2D eigenvalue weighted by Crippen LogP contribution is -2.49. The standard InChI is InChI=1S/C17H19NO4/c1-20-15-11-8-18-5-4-17(3-2-10(19)6-14(17)18)12(11)7-13-16(15)22-9-21-13/h2-3,7,10,14,19H,4-6,8-9H2,1H3. The third-order valence-electron chi connectivity index (χ3n) is 5.72. The summed E-state index contributed by atoms with van der Waals surface area (Å²) in [5.41, 5.74) is 2.47. The number of hydrogen-bond acceptors (Lipinski definition) is 5. The van der Waals surface area contributed by atoms with Gasteiger partial charge in [-0.25, -0.2) is 0 Å². The van der Waals surface area contributed by atoms with E-state index in [0.717, 1.165) is 43.2 Å². The molecule has 5 rings (SSSR count). The summed E-state index contributed by atoms with van der Waals surface area (Å²) < 4.78 is 16.9. The second kappa shape index (κ2) is 4.18. The lowest BCUT2D eigenvalue weighted by Gasteiger charge is -2.45. The highest BCUT2D eigenvalue weighted by Gasteiger charge is 2.54. The summed E-state index contributed by atoms with van der Waals surface area (Å²) in [6.45, 7) is 2.15. The summed E-state index contributed by atoms with van der Waals surface area (Å²) >= 11 is 0. The smallest absolute Gasteiger partial charge is 0.231 e. The third-order valence-corrected chi connectivity index (χ3v) is 5.72. The molecule has 1 aromatic carbocycles. The topological polar surface area (TPSA) is 51.2 Å². The summed E-state index contributed by atoms with van der Waals surface area (Å²) in [6.07, 6.45) is 5.71. The minimum absolute atomic E-state index is 0.0267. The van der Waals surface area contributed by atoms with Crippen LogP contribution in [0.3, 0.4) is 0 Å². The fourth-order valence-electron chi connectivity index (χ4n) is 4.76. The van der Waals surface area contributed by atoms with E-state index in [9.17, 15) is 5.11 Å². The van der Waals surface area contributed by atoms with Crippen LogP contribution in [-0.2, 0) is 12.0 Å². The number of ether oxygens (including phenoxy) is 3. The number of methoxy groups -OCH3 is 1. The Morgan fingerprint density at radius 1 is 1.41 bits per heavy atom. The maximum absolute atomic E-state index is 10.0. The van der Waals surface area contributed by atoms with E-state index in [1.54, 1.807) is 7.11 Å². The van der Waals surface area contributed by atoms with Crippen LogP contribution in [0.15, 0.2) is 18.2 Å². The zero-order valence-corrected chi connectivity index (χ0v) is 12.5. The van der Waals surface area contributed by atoms with E-state index in [2.05, 4.69) is 17.0 Å². The lowest BCUT2D eigenvalue weighted by molar-refractivity contribution is 0.109. The SMILES string of the molecule is COc1c2c(cc3c1OCO3)C13C=CC(O)CC1N(CC3)C2. The van der Waals surface area contributed by atoms with Crippen molar-refractivity contribution in [1.29, 1.82) is 0 Å². The zero-order chi connectivity index (χ0) is 14.9. The van der Waals surface area contributed by atoms with Crippen molar-refractivity contribution in [2.75, 3.05) is 20.4 Å². The second-order valence-corrected chi connectivity index (χ2v) is 6.61. The molecule has 4 atom stereocenters. The number of nitrogens with zero attached hydrogens (tertiary/aromatic N) is 1. The van der Waals surface area contributed by atoms with Gasteiger partial charge in [0.2, 0.25) is 12.5 Å². The van der Waals surface area contributed by atoms with Gasteiger partial charge in [-0.2, -0.15) is 0 Å². The van der Waals surface area contributed by atoms with Crippen molar-refractivity contribution in [2.45, 2.75) is 36.9 Å². The van der Waals surface area contributed by atoms with Gasteiger partial charge in [-0.05, 0) is 24.5 Å². The molecule has 1 aromatic rings. The monoisotopic (exact) mass is 301 g/mol. The summed E-state index contributed by atoms with van der Waals surface area (Å²) in [5, 5.41) is 10.0. The van der Waals surface area contributed by atoms with Crippen LogP contribution in [-0.4, -0.2) is 42.6 Å². The Labute approximate surface area is 129 Å². The molecule has 4 aliphatic rings. The first-order valence-corrected chi connectivity index (χ1v) is 7.84. The van der Waals surface area contributed by atoms with E-state index in [0.29, 0.717) is 6.04 Å². The molecule has 0 spiro atoms.